The Morgan fingerprint density at radius 2 is 2.13 bits per heavy atom. The Labute approximate surface area is 134 Å². The van der Waals surface area contributed by atoms with Crippen molar-refractivity contribution in [2.45, 2.75) is 31.9 Å². The minimum Gasteiger partial charge on any atom is -0.393 e. The van der Waals surface area contributed by atoms with Crippen molar-refractivity contribution in [2.24, 2.45) is 5.92 Å². The highest BCUT2D eigenvalue weighted by atomic mass is 19.1. The van der Waals surface area contributed by atoms with Gasteiger partial charge in [-0.1, -0.05) is 6.07 Å². The van der Waals surface area contributed by atoms with E-state index in [2.05, 4.69) is 10.3 Å². The number of nitrogens with zero attached hydrogens (tertiary/aromatic N) is 1. The lowest BCUT2D eigenvalue weighted by atomic mass is 9.76. The number of halogens is 1. The van der Waals surface area contributed by atoms with Crippen molar-refractivity contribution in [3.05, 3.63) is 65.2 Å². The summed E-state index contributed by atoms with van der Waals surface area (Å²) in [7, 11) is 0. The highest BCUT2D eigenvalue weighted by Gasteiger charge is 2.36. The van der Waals surface area contributed by atoms with Crippen molar-refractivity contribution in [3.63, 3.8) is 0 Å². The van der Waals surface area contributed by atoms with Gasteiger partial charge in [0.05, 0.1) is 17.8 Å². The summed E-state index contributed by atoms with van der Waals surface area (Å²) in [5, 5.41) is 12.5. The van der Waals surface area contributed by atoms with Crippen molar-refractivity contribution in [1.29, 1.82) is 0 Å². The monoisotopic (exact) mass is 314 g/mol. The quantitative estimate of drug-likeness (QED) is 0.912. The molecule has 1 unspecified atom stereocenters. The molecule has 2 N–H and O–H groups in total. The number of rotatable bonds is 4. The van der Waals surface area contributed by atoms with Crippen LogP contribution in [0, 0.1) is 18.7 Å². The molecular weight excluding hydrogens is 295 g/mol. The Kier molecular flexibility index (Phi) is 4.39. The molecule has 0 aliphatic heterocycles. The fourth-order valence-electron chi connectivity index (χ4n) is 2.91. The van der Waals surface area contributed by atoms with Crippen LogP contribution in [0.5, 0.6) is 0 Å². The van der Waals surface area contributed by atoms with Crippen LogP contribution in [0.3, 0.4) is 0 Å². The predicted octanol–water partition coefficient (Wildman–Crippen LogP) is 2.77. The topological polar surface area (TPSA) is 62.2 Å². The second-order valence-electron chi connectivity index (χ2n) is 6.06. The number of aliphatic hydroxyl groups is 1. The van der Waals surface area contributed by atoms with E-state index >= 15 is 0 Å². The van der Waals surface area contributed by atoms with Crippen LogP contribution in [0.15, 0.2) is 42.6 Å². The fourth-order valence-corrected chi connectivity index (χ4v) is 2.91. The van der Waals surface area contributed by atoms with E-state index in [0.717, 1.165) is 5.69 Å². The zero-order valence-electron chi connectivity index (χ0n) is 12.9. The lowest BCUT2D eigenvalue weighted by Crippen LogP contribution is -2.41. The minimum absolute atomic E-state index is 0.158. The molecule has 1 saturated carbocycles. The SMILES string of the molecule is Cc1cc(C(=O)NC(c2ccccn2)C2CC(O)C2)ccc1F. The van der Waals surface area contributed by atoms with E-state index in [4.69, 9.17) is 0 Å². The van der Waals surface area contributed by atoms with E-state index in [9.17, 15) is 14.3 Å². The smallest absolute Gasteiger partial charge is 0.251 e. The number of pyridine rings is 1. The van der Waals surface area contributed by atoms with Gasteiger partial charge >= 0.3 is 0 Å². The molecule has 1 fully saturated rings. The van der Waals surface area contributed by atoms with Gasteiger partial charge in [0, 0.05) is 11.8 Å². The third-order valence-corrected chi connectivity index (χ3v) is 4.33. The first-order valence-electron chi connectivity index (χ1n) is 7.70. The first-order chi connectivity index (χ1) is 11.0. The molecule has 4 nitrogen and oxygen atoms in total. The average Bonchev–Trinajstić information content (AvgIpc) is 2.53. The summed E-state index contributed by atoms with van der Waals surface area (Å²) >= 11 is 0. The van der Waals surface area contributed by atoms with Crippen molar-refractivity contribution >= 4 is 5.91 Å². The van der Waals surface area contributed by atoms with E-state index in [1.54, 1.807) is 13.1 Å². The number of nitrogens with one attached hydrogen (secondary N) is 1. The van der Waals surface area contributed by atoms with Gasteiger partial charge in [0.2, 0.25) is 0 Å². The first-order valence-corrected chi connectivity index (χ1v) is 7.70. The summed E-state index contributed by atoms with van der Waals surface area (Å²) in [6, 6.07) is 9.62. The number of carbonyl (C=O) groups is 1. The number of amides is 1. The van der Waals surface area contributed by atoms with Crippen LogP contribution in [0.2, 0.25) is 0 Å². The van der Waals surface area contributed by atoms with Crippen LogP contribution in [-0.4, -0.2) is 22.1 Å². The molecule has 2 aromatic rings. The maximum Gasteiger partial charge on any atom is 0.251 e. The molecular formula is C18H19FN2O2. The summed E-state index contributed by atoms with van der Waals surface area (Å²) in [6.45, 7) is 1.63. The van der Waals surface area contributed by atoms with E-state index in [-0.39, 0.29) is 29.8 Å². The van der Waals surface area contributed by atoms with Crippen LogP contribution < -0.4 is 5.32 Å². The van der Waals surface area contributed by atoms with E-state index < -0.39 is 0 Å². The molecule has 0 saturated heterocycles. The molecule has 1 aromatic carbocycles. The minimum atomic E-state index is -0.329. The first kappa shape index (κ1) is 15.6. The van der Waals surface area contributed by atoms with E-state index in [1.807, 2.05) is 18.2 Å². The summed E-state index contributed by atoms with van der Waals surface area (Å²) in [4.78, 5) is 16.8. The molecule has 0 spiro atoms. The van der Waals surface area contributed by atoms with Crippen LogP contribution in [0.1, 0.15) is 40.5 Å². The Morgan fingerprint density at radius 3 is 2.74 bits per heavy atom. The number of aliphatic hydroxyl groups excluding tert-OH is 1. The van der Waals surface area contributed by atoms with Gasteiger partial charge in [0.15, 0.2) is 0 Å². The lowest BCUT2D eigenvalue weighted by Gasteiger charge is -2.37. The van der Waals surface area contributed by atoms with Crippen molar-refractivity contribution in [2.75, 3.05) is 0 Å². The largest absolute Gasteiger partial charge is 0.393 e. The molecule has 1 aromatic heterocycles. The molecule has 1 heterocycles. The van der Waals surface area contributed by atoms with Crippen molar-refractivity contribution in [3.8, 4) is 0 Å². The van der Waals surface area contributed by atoms with Crippen molar-refractivity contribution in [1.82, 2.24) is 10.3 Å². The number of aromatic nitrogens is 1. The third kappa shape index (κ3) is 3.40. The summed E-state index contributed by atoms with van der Waals surface area (Å²) in [6.07, 6.45) is 2.66. The summed E-state index contributed by atoms with van der Waals surface area (Å²) in [5.74, 6) is -0.430. The van der Waals surface area contributed by atoms with Crippen LogP contribution in [0.25, 0.3) is 0 Å². The second kappa shape index (κ2) is 6.46. The maximum absolute atomic E-state index is 13.4. The average molecular weight is 314 g/mol. The maximum atomic E-state index is 13.4. The molecule has 120 valence electrons. The normalized spacial score (nSPS) is 21.3. The molecule has 0 bridgehead atoms. The molecule has 1 atom stereocenters. The molecule has 1 amide bonds. The Morgan fingerprint density at radius 1 is 1.35 bits per heavy atom. The van der Waals surface area contributed by atoms with Crippen molar-refractivity contribution < 1.29 is 14.3 Å². The van der Waals surface area contributed by atoms with Gasteiger partial charge in [-0.2, -0.15) is 0 Å². The zero-order chi connectivity index (χ0) is 16.4. The van der Waals surface area contributed by atoms with Crippen LogP contribution in [-0.2, 0) is 0 Å². The van der Waals surface area contributed by atoms with Gasteiger partial charge in [0.1, 0.15) is 5.82 Å². The molecule has 5 heteroatoms. The molecule has 0 radical (unpaired) electrons. The number of hydrogen-bond donors (Lipinski definition) is 2. The van der Waals surface area contributed by atoms with Gasteiger partial charge in [0.25, 0.3) is 5.91 Å². The standard InChI is InChI=1S/C18H19FN2O2/c1-11-8-12(5-6-15(11)19)18(23)21-17(13-9-14(22)10-13)16-4-2-3-7-20-16/h2-8,13-14,17,22H,9-10H2,1H3,(H,21,23). The zero-order valence-corrected chi connectivity index (χ0v) is 12.9. The number of aryl methyl sites for hydroxylation is 1. The Balaban J connectivity index is 1.80. The number of carbonyl (C=O) groups excluding carboxylic acids is 1. The Bertz CT molecular complexity index is 699. The van der Waals surface area contributed by atoms with Gasteiger partial charge in [-0.3, -0.25) is 9.78 Å². The highest BCUT2D eigenvalue weighted by molar-refractivity contribution is 5.94. The molecule has 1 aliphatic rings. The van der Waals surface area contributed by atoms with Gasteiger partial charge < -0.3 is 10.4 Å². The fraction of sp³-hybridized carbons (Fsp3) is 0.333. The summed E-state index contributed by atoms with van der Waals surface area (Å²) in [5.41, 5.74) is 1.63. The third-order valence-electron chi connectivity index (χ3n) is 4.33. The molecule has 23 heavy (non-hydrogen) atoms. The summed E-state index contributed by atoms with van der Waals surface area (Å²) < 4.78 is 13.4. The highest BCUT2D eigenvalue weighted by Crippen LogP contribution is 2.37. The molecule has 1 aliphatic carbocycles. The van der Waals surface area contributed by atoms with Gasteiger partial charge in [-0.05, 0) is 61.6 Å². The number of hydrogen-bond acceptors (Lipinski definition) is 3. The second-order valence-corrected chi connectivity index (χ2v) is 6.06. The Hall–Kier alpha value is -2.27. The van der Waals surface area contributed by atoms with Gasteiger partial charge in [-0.25, -0.2) is 4.39 Å². The van der Waals surface area contributed by atoms with Crippen LogP contribution >= 0.6 is 0 Å². The number of benzene rings is 1. The van der Waals surface area contributed by atoms with E-state index in [0.29, 0.717) is 24.0 Å². The van der Waals surface area contributed by atoms with E-state index in [1.165, 1.54) is 18.2 Å². The van der Waals surface area contributed by atoms with Crippen LogP contribution in [0.4, 0.5) is 4.39 Å². The van der Waals surface area contributed by atoms with Gasteiger partial charge in [-0.15, -0.1) is 0 Å². The molecule has 3 rings (SSSR count). The predicted molar refractivity (Wildman–Crippen MR) is 84.3 cm³/mol. The lowest BCUT2D eigenvalue weighted by molar-refractivity contribution is 0.0228.